The number of nitrogens with zero attached hydrogens (tertiary/aromatic N) is 2. The number of aryl methyl sites for hydroxylation is 1. The largest absolute Gasteiger partial charge is 0.338 e. The first-order valence-corrected chi connectivity index (χ1v) is 7.28. The van der Waals surface area contributed by atoms with Crippen LogP contribution in [-0.4, -0.2) is 42.4 Å². The van der Waals surface area contributed by atoms with Gasteiger partial charge in [-0.2, -0.15) is 0 Å². The first-order valence-electron chi connectivity index (χ1n) is 7.28. The number of amides is 1. The summed E-state index contributed by atoms with van der Waals surface area (Å²) in [5.74, 6) is 0.350. The molecule has 1 amide bonds. The Bertz CT molecular complexity index is 551. The first kappa shape index (κ1) is 18.4. The second kappa shape index (κ2) is 8.10. The van der Waals surface area contributed by atoms with Gasteiger partial charge < -0.3 is 10.2 Å². The minimum Gasteiger partial charge on any atom is -0.338 e. The van der Waals surface area contributed by atoms with Gasteiger partial charge in [0, 0.05) is 30.3 Å². The van der Waals surface area contributed by atoms with Crippen LogP contribution < -0.4 is 5.32 Å². The highest BCUT2D eigenvalue weighted by atomic mass is 35.5. The average molecular weight is 328 g/mol. The number of nitro benzene ring substituents is 1. The van der Waals surface area contributed by atoms with Crippen LogP contribution in [0, 0.1) is 16.0 Å². The van der Waals surface area contributed by atoms with E-state index in [1.54, 1.807) is 17.0 Å². The van der Waals surface area contributed by atoms with Crippen molar-refractivity contribution in [2.24, 2.45) is 5.92 Å². The summed E-state index contributed by atoms with van der Waals surface area (Å²) >= 11 is 0. The Hall–Kier alpha value is -1.66. The maximum Gasteiger partial charge on any atom is 0.273 e. The zero-order valence-corrected chi connectivity index (χ0v) is 13.7. The van der Waals surface area contributed by atoms with Gasteiger partial charge in [0.15, 0.2) is 0 Å². The van der Waals surface area contributed by atoms with Crippen LogP contribution in [0.2, 0.25) is 0 Å². The summed E-state index contributed by atoms with van der Waals surface area (Å²) in [6, 6.07) is 4.79. The summed E-state index contributed by atoms with van der Waals surface area (Å²) < 4.78 is 0. The molecule has 1 aliphatic heterocycles. The SMILES string of the molecule is CCc1ccc(C(=O)N2CCC(CNC)C2)cc1[N+](=O)[O-].Cl. The highest BCUT2D eigenvalue weighted by molar-refractivity contribution is 5.95. The van der Waals surface area contributed by atoms with Crippen LogP contribution in [0.5, 0.6) is 0 Å². The van der Waals surface area contributed by atoms with E-state index in [1.807, 2.05) is 14.0 Å². The van der Waals surface area contributed by atoms with E-state index in [9.17, 15) is 14.9 Å². The molecule has 0 bridgehead atoms. The van der Waals surface area contributed by atoms with E-state index in [1.165, 1.54) is 6.07 Å². The molecule has 0 radical (unpaired) electrons. The summed E-state index contributed by atoms with van der Waals surface area (Å²) in [5.41, 5.74) is 1.10. The molecule has 0 spiro atoms. The van der Waals surface area contributed by atoms with Crippen molar-refractivity contribution in [3.63, 3.8) is 0 Å². The van der Waals surface area contributed by atoms with Crippen molar-refractivity contribution in [1.82, 2.24) is 10.2 Å². The number of nitro groups is 1. The van der Waals surface area contributed by atoms with Gasteiger partial charge in [-0.05, 0) is 38.4 Å². The number of carbonyl (C=O) groups excluding carboxylic acids is 1. The van der Waals surface area contributed by atoms with Crippen LogP contribution in [0.3, 0.4) is 0 Å². The van der Waals surface area contributed by atoms with Crippen LogP contribution in [0.25, 0.3) is 0 Å². The zero-order valence-electron chi connectivity index (χ0n) is 12.9. The van der Waals surface area contributed by atoms with Gasteiger partial charge in [0.05, 0.1) is 4.92 Å². The topological polar surface area (TPSA) is 75.5 Å². The molecule has 1 saturated heterocycles. The number of hydrogen-bond donors (Lipinski definition) is 1. The second-order valence-electron chi connectivity index (χ2n) is 5.42. The molecule has 1 aromatic rings. The molecule has 2 rings (SSSR count). The third kappa shape index (κ3) is 3.96. The van der Waals surface area contributed by atoms with Gasteiger partial charge in [-0.25, -0.2) is 0 Å². The number of hydrogen-bond acceptors (Lipinski definition) is 4. The Morgan fingerprint density at radius 2 is 2.23 bits per heavy atom. The fourth-order valence-corrected chi connectivity index (χ4v) is 2.82. The summed E-state index contributed by atoms with van der Waals surface area (Å²) in [6.45, 7) is 4.18. The minimum absolute atomic E-state index is 0. The van der Waals surface area contributed by atoms with E-state index < -0.39 is 4.92 Å². The number of benzene rings is 1. The molecule has 0 aromatic heterocycles. The third-order valence-electron chi connectivity index (χ3n) is 3.98. The van der Waals surface area contributed by atoms with Crippen molar-refractivity contribution in [3.8, 4) is 0 Å². The van der Waals surface area contributed by atoms with Gasteiger partial charge in [0.25, 0.3) is 11.6 Å². The smallest absolute Gasteiger partial charge is 0.273 e. The monoisotopic (exact) mass is 327 g/mol. The van der Waals surface area contributed by atoms with E-state index in [4.69, 9.17) is 0 Å². The quantitative estimate of drug-likeness (QED) is 0.665. The number of likely N-dealkylation sites (tertiary alicyclic amines) is 1. The maximum atomic E-state index is 12.5. The Morgan fingerprint density at radius 1 is 1.50 bits per heavy atom. The molecule has 1 heterocycles. The minimum atomic E-state index is -0.413. The van der Waals surface area contributed by atoms with E-state index in [0.29, 0.717) is 36.6 Å². The van der Waals surface area contributed by atoms with E-state index >= 15 is 0 Å². The van der Waals surface area contributed by atoms with Gasteiger partial charge in [-0.15, -0.1) is 12.4 Å². The highest BCUT2D eigenvalue weighted by Gasteiger charge is 2.27. The Morgan fingerprint density at radius 3 is 2.82 bits per heavy atom. The second-order valence-corrected chi connectivity index (χ2v) is 5.42. The normalized spacial score (nSPS) is 17.2. The molecule has 1 fully saturated rings. The Labute approximate surface area is 136 Å². The van der Waals surface area contributed by atoms with Gasteiger partial charge in [-0.1, -0.05) is 13.0 Å². The Kier molecular flexibility index (Phi) is 6.77. The maximum absolute atomic E-state index is 12.5. The summed E-state index contributed by atoms with van der Waals surface area (Å²) in [7, 11) is 1.90. The molecular weight excluding hydrogens is 306 g/mol. The first-order chi connectivity index (χ1) is 10.1. The lowest BCUT2D eigenvalue weighted by atomic mass is 10.1. The van der Waals surface area contributed by atoms with Crippen LogP contribution >= 0.6 is 12.4 Å². The van der Waals surface area contributed by atoms with E-state index in [0.717, 1.165) is 13.0 Å². The summed E-state index contributed by atoms with van der Waals surface area (Å²) in [6.07, 6.45) is 1.56. The Balaban J connectivity index is 0.00000242. The third-order valence-corrected chi connectivity index (χ3v) is 3.98. The molecule has 0 saturated carbocycles. The lowest BCUT2D eigenvalue weighted by Crippen LogP contribution is -2.30. The van der Waals surface area contributed by atoms with Gasteiger partial charge in [0.1, 0.15) is 0 Å². The van der Waals surface area contributed by atoms with Crippen LogP contribution in [0.15, 0.2) is 18.2 Å². The van der Waals surface area contributed by atoms with Crippen LogP contribution in [0.4, 0.5) is 5.69 Å². The standard InChI is InChI=1S/C15H21N3O3.ClH/c1-3-12-4-5-13(8-14(12)18(20)21)15(19)17-7-6-11(10-17)9-16-2;/h4-5,8,11,16H,3,6-7,9-10H2,1-2H3;1H. The molecule has 0 aliphatic carbocycles. The zero-order chi connectivity index (χ0) is 15.4. The lowest BCUT2D eigenvalue weighted by Gasteiger charge is -2.17. The molecule has 7 heteroatoms. The van der Waals surface area contributed by atoms with E-state index in [2.05, 4.69) is 5.32 Å². The van der Waals surface area contributed by atoms with Crippen molar-refractivity contribution in [1.29, 1.82) is 0 Å². The fourth-order valence-electron chi connectivity index (χ4n) is 2.82. The number of nitrogens with one attached hydrogen (secondary N) is 1. The predicted octanol–water partition coefficient (Wildman–Crippen LogP) is 2.26. The molecule has 1 N–H and O–H groups in total. The summed E-state index contributed by atoms with van der Waals surface area (Å²) in [4.78, 5) is 24.9. The van der Waals surface area contributed by atoms with Crippen LogP contribution in [0.1, 0.15) is 29.3 Å². The lowest BCUT2D eigenvalue weighted by molar-refractivity contribution is -0.385. The molecule has 1 atom stereocenters. The number of carbonyl (C=O) groups is 1. The molecule has 22 heavy (non-hydrogen) atoms. The summed E-state index contributed by atoms with van der Waals surface area (Å²) in [5, 5.41) is 14.2. The van der Waals surface area contributed by atoms with Crippen molar-refractivity contribution >= 4 is 24.0 Å². The predicted molar refractivity (Wildman–Crippen MR) is 87.7 cm³/mol. The molecule has 1 aromatic carbocycles. The van der Waals surface area contributed by atoms with Crippen LogP contribution in [-0.2, 0) is 6.42 Å². The average Bonchev–Trinajstić information content (AvgIpc) is 2.94. The van der Waals surface area contributed by atoms with Gasteiger partial charge in [0.2, 0.25) is 0 Å². The number of rotatable bonds is 5. The van der Waals surface area contributed by atoms with Crippen molar-refractivity contribution in [3.05, 3.63) is 39.4 Å². The number of halogens is 1. The highest BCUT2D eigenvalue weighted by Crippen LogP contribution is 2.24. The van der Waals surface area contributed by atoms with Gasteiger partial charge in [-0.3, -0.25) is 14.9 Å². The molecule has 6 nitrogen and oxygen atoms in total. The molecule has 1 unspecified atom stereocenters. The van der Waals surface area contributed by atoms with Gasteiger partial charge >= 0.3 is 0 Å². The van der Waals surface area contributed by atoms with Crippen molar-refractivity contribution in [2.45, 2.75) is 19.8 Å². The molecular formula is C15H22ClN3O3. The molecule has 122 valence electrons. The molecule has 1 aliphatic rings. The fraction of sp³-hybridized carbons (Fsp3) is 0.533. The van der Waals surface area contributed by atoms with Crippen molar-refractivity contribution in [2.75, 3.05) is 26.7 Å². The van der Waals surface area contributed by atoms with Crippen molar-refractivity contribution < 1.29 is 9.72 Å². The van der Waals surface area contributed by atoms with E-state index in [-0.39, 0.29) is 24.0 Å².